The van der Waals surface area contributed by atoms with Gasteiger partial charge in [0.25, 0.3) is 0 Å². The minimum atomic E-state index is -3.66. The lowest BCUT2D eigenvalue weighted by Gasteiger charge is -2.22. The maximum absolute atomic E-state index is 12.4. The van der Waals surface area contributed by atoms with E-state index < -0.39 is 15.9 Å². The Labute approximate surface area is 159 Å². The normalized spacial score (nSPS) is 10.7. The molecule has 2 rings (SSSR count). The predicted octanol–water partition coefficient (Wildman–Crippen LogP) is 2.66. The van der Waals surface area contributed by atoms with Gasteiger partial charge in [0.1, 0.15) is 24.7 Å². The van der Waals surface area contributed by atoms with E-state index in [1.165, 1.54) is 7.11 Å². The molecule has 2 aromatic carbocycles. The zero-order valence-corrected chi connectivity index (χ0v) is 16.0. The number of rotatable bonds is 9. The minimum Gasteiger partial charge on any atom is -0.497 e. The highest BCUT2D eigenvalue weighted by Gasteiger charge is 2.21. The van der Waals surface area contributed by atoms with Crippen molar-refractivity contribution >= 4 is 27.3 Å². The SMILES string of the molecule is C=CCOc1ccc(NC(=O)CN(c2cccc(OC)c2)S(C)(=O)=O)cc1. The second-order valence-corrected chi connectivity index (χ2v) is 7.55. The van der Waals surface area contributed by atoms with Crippen molar-refractivity contribution in [2.24, 2.45) is 0 Å². The zero-order valence-electron chi connectivity index (χ0n) is 15.2. The zero-order chi connectivity index (χ0) is 19.9. The molecule has 0 unspecified atom stereocenters. The van der Waals surface area contributed by atoms with Crippen molar-refractivity contribution in [2.45, 2.75) is 0 Å². The van der Waals surface area contributed by atoms with Crippen LogP contribution in [0.4, 0.5) is 11.4 Å². The maximum atomic E-state index is 12.4. The second kappa shape index (κ2) is 9.09. The fourth-order valence-electron chi connectivity index (χ4n) is 2.29. The summed E-state index contributed by atoms with van der Waals surface area (Å²) < 4.78 is 35.8. The van der Waals surface area contributed by atoms with Crippen LogP contribution in [0.2, 0.25) is 0 Å². The first kappa shape index (κ1) is 20.3. The van der Waals surface area contributed by atoms with Crippen LogP contribution in [-0.4, -0.2) is 40.8 Å². The van der Waals surface area contributed by atoms with Crippen LogP contribution in [0.3, 0.4) is 0 Å². The van der Waals surface area contributed by atoms with Gasteiger partial charge < -0.3 is 14.8 Å². The smallest absolute Gasteiger partial charge is 0.245 e. The third-order valence-electron chi connectivity index (χ3n) is 3.53. The number of anilines is 2. The Balaban J connectivity index is 2.11. The lowest BCUT2D eigenvalue weighted by Crippen LogP contribution is -2.37. The average molecular weight is 390 g/mol. The van der Waals surface area contributed by atoms with Crippen molar-refractivity contribution in [3.8, 4) is 11.5 Å². The molecule has 0 aromatic heterocycles. The van der Waals surface area contributed by atoms with Gasteiger partial charge in [-0.1, -0.05) is 18.7 Å². The molecule has 0 fully saturated rings. The van der Waals surface area contributed by atoms with Crippen LogP contribution in [0.5, 0.6) is 11.5 Å². The van der Waals surface area contributed by atoms with Gasteiger partial charge in [0.15, 0.2) is 0 Å². The number of amides is 1. The molecule has 0 aliphatic rings. The molecule has 0 aliphatic heterocycles. The van der Waals surface area contributed by atoms with Crippen LogP contribution in [-0.2, 0) is 14.8 Å². The van der Waals surface area contributed by atoms with Crippen LogP contribution >= 0.6 is 0 Å². The fraction of sp³-hybridized carbons (Fsp3) is 0.211. The van der Waals surface area contributed by atoms with E-state index in [4.69, 9.17) is 9.47 Å². The first-order valence-electron chi connectivity index (χ1n) is 8.09. The maximum Gasteiger partial charge on any atom is 0.245 e. The summed E-state index contributed by atoms with van der Waals surface area (Å²) in [6, 6.07) is 13.3. The van der Waals surface area contributed by atoms with E-state index in [1.54, 1.807) is 54.6 Å². The standard InChI is InChI=1S/C19H22N2O5S/c1-4-12-26-17-10-8-15(9-11-17)20-19(22)14-21(27(3,23)24)16-6-5-7-18(13-16)25-2/h4-11,13H,1,12,14H2,2-3H3,(H,20,22). The van der Waals surface area contributed by atoms with E-state index >= 15 is 0 Å². The molecule has 144 valence electrons. The Kier molecular flexibility index (Phi) is 6.84. The predicted molar refractivity (Wildman–Crippen MR) is 106 cm³/mol. The molecule has 1 N–H and O–H groups in total. The second-order valence-electron chi connectivity index (χ2n) is 5.64. The molecule has 0 aliphatic carbocycles. The molecular formula is C19H22N2O5S. The number of ether oxygens (including phenoxy) is 2. The number of benzene rings is 2. The molecule has 2 aromatic rings. The van der Waals surface area contributed by atoms with Crippen LogP contribution in [0, 0.1) is 0 Å². The van der Waals surface area contributed by atoms with Crippen LogP contribution in [0.1, 0.15) is 0 Å². The number of methoxy groups -OCH3 is 1. The van der Waals surface area contributed by atoms with Crippen molar-refractivity contribution in [3.05, 3.63) is 61.2 Å². The number of sulfonamides is 1. The molecule has 0 radical (unpaired) electrons. The van der Waals surface area contributed by atoms with Crippen LogP contribution in [0.15, 0.2) is 61.2 Å². The largest absolute Gasteiger partial charge is 0.497 e. The number of nitrogens with one attached hydrogen (secondary N) is 1. The number of hydrogen-bond acceptors (Lipinski definition) is 5. The molecule has 27 heavy (non-hydrogen) atoms. The summed E-state index contributed by atoms with van der Waals surface area (Å²) in [4.78, 5) is 12.4. The fourth-order valence-corrected chi connectivity index (χ4v) is 3.13. The number of hydrogen-bond donors (Lipinski definition) is 1. The summed E-state index contributed by atoms with van der Waals surface area (Å²) in [5.41, 5.74) is 0.880. The van der Waals surface area contributed by atoms with E-state index in [1.807, 2.05) is 0 Å². The summed E-state index contributed by atoms with van der Waals surface area (Å²) in [5.74, 6) is 0.668. The van der Waals surface area contributed by atoms with Crippen molar-refractivity contribution in [1.29, 1.82) is 0 Å². The van der Waals surface area contributed by atoms with Crippen molar-refractivity contribution in [1.82, 2.24) is 0 Å². The van der Waals surface area contributed by atoms with Gasteiger partial charge in [-0.2, -0.15) is 0 Å². The lowest BCUT2D eigenvalue weighted by atomic mass is 10.3. The Morgan fingerprint density at radius 2 is 1.89 bits per heavy atom. The number of carbonyl (C=O) groups is 1. The van der Waals surface area contributed by atoms with Gasteiger partial charge in [-0.15, -0.1) is 0 Å². The van der Waals surface area contributed by atoms with Gasteiger partial charge in [0.2, 0.25) is 15.9 Å². The summed E-state index contributed by atoms with van der Waals surface area (Å²) in [7, 11) is -2.17. The topological polar surface area (TPSA) is 84.9 Å². The van der Waals surface area contributed by atoms with Gasteiger partial charge in [-0.25, -0.2) is 8.42 Å². The monoisotopic (exact) mass is 390 g/mol. The van der Waals surface area contributed by atoms with Gasteiger partial charge in [-0.3, -0.25) is 9.10 Å². The van der Waals surface area contributed by atoms with E-state index in [-0.39, 0.29) is 6.54 Å². The molecule has 0 atom stereocenters. The highest BCUT2D eigenvalue weighted by atomic mass is 32.2. The summed E-state index contributed by atoms with van der Waals surface area (Å²) in [5, 5.41) is 2.67. The quantitative estimate of drug-likeness (QED) is 0.666. The lowest BCUT2D eigenvalue weighted by molar-refractivity contribution is -0.114. The Bertz CT molecular complexity index is 895. The number of carbonyl (C=O) groups excluding carboxylic acids is 1. The molecule has 7 nitrogen and oxygen atoms in total. The third kappa shape index (κ3) is 6.03. The Morgan fingerprint density at radius 1 is 1.19 bits per heavy atom. The molecule has 0 bridgehead atoms. The van der Waals surface area contributed by atoms with Gasteiger partial charge in [0.05, 0.1) is 19.1 Å². The molecule has 0 saturated carbocycles. The molecule has 0 saturated heterocycles. The summed E-state index contributed by atoms with van der Waals surface area (Å²) in [6.45, 7) is 3.60. The van der Waals surface area contributed by atoms with E-state index in [2.05, 4.69) is 11.9 Å². The van der Waals surface area contributed by atoms with Gasteiger partial charge in [-0.05, 0) is 36.4 Å². The van der Waals surface area contributed by atoms with Gasteiger partial charge in [0, 0.05) is 11.8 Å². The molecule has 0 heterocycles. The van der Waals surface area contributed by atoms with E-state index in [0.29, 0.717) is 29.5 Å². The Hall–Kier alpha value is -3.00. The van der Waals surface area contributed by atoms with E-state index in [9.17, 15) is 13.2 Å². The van der Waals surface area contributed by atoms with Crippen molar-refractivity contribution < 1.29 is 22.7 Å². The minimum absolute atomic E-state index is 0.347. The molecular weight excluding hydrogens is 368 g/mol. The average Bonchev–Trinajstić information content (AvgIpc) is 2.64. The number of nitrogens with zero attached hydrogens (tertiary/aromatic N) is 1. The Morgan fingerprint density at radius 3 is 2.48 bits per heavy atom. The third-order valence-corrected chi connectivity index (χ3v) is 4.68. The van der Waals surface area contributed by atoms with Crippen LogP contribution in [0.25, 0.3) is 0 Å². The highest BCUT2D eigenvalue weighted by Crippen LogP contribution is 2.23. The van der Waals surface area contributed by atoms with Crippen molar-refractivity contribution in [2.75, 3.05) is 36.1 Å². The van der Waals surface area contributed by atoms with Gasteiger partial charge >= 0.3 is 0 Å². The first-order valence-corrected chi connectivity index (χ1v) is 9.93. The summed E-state index contributed by atoms with van der Waals surface area (Å²) in [6.07, 6.45) is 2.68. The summed E-state index contributed by atoms with van der Waals surface area (Å²) >= 11 is 0. The first-order chi connectivity index (χ1) is 12.8. The van der Waals surface area contributed by atoms with E-state index in [0.717, 1.165) is 10.6 Å². The van der Waals surface area contributed by atoms with Crippen molar-refractivity contribution in [3.63, 3.8) is 0 Å². The van der Waals surface area contributed by atoms with Crippen LogP contribution < -0.4 is 19.1 Å². The molecule has 1 amide bonds. The highest BCUT2D eigenvalue weighted by molar-refractivity contribution is 7.92. The molecule has 0 spiro atoms. The molecule has 8 heteroatoms.